The van der Waals surface area contributed by atoms with Gasteiger partial charge in [-0.05, 0) is 90.3 Å². The number of methoxy groups -OCH3 is 1. The van der Waals surface area contributed by atoms with E-state index in [2.05, 4.69) is 4.57 Å². The maximum Gasteiger partial charge on any atom is 0.337 e. The molecule has 2 heterocycles. The van der Waals surface area contributed by atoms with Crippen molar-refractivity contribution in [1.82, 2.24) is 9.47 Å². The van der Waals surface area contributed by atoms with Gasteiger partial charge >= 0.3 is 5.97 Å². The highest BCUT2D eigenvalue weighted by molar-refractivity contribution is 8.18. The van der Waals surface area contributed by atoms with Crippen molar-refractivity contribution in [2.75, 3.05) is 7.11 Å². The Labute approximate surface area is 219 Å². The Balaban J connectivity index is 1.45. The van der Waals surface area contributed by atoms with Crippen LogP contribution in [0.2, 0.25) is 0 Å². The SMILES string of the molecule is COC(=O)c1ccc(-n2c(C)cc(/C=C3/SC(=O)N(Cc4cccc5ccccc45)C3=O)c2C)c(C)c1. The molecule has 3 aromatic carbocycles. The third kappa shape index (κ3) is 4.47. The third-order valence-electron chi connectivity index (χ3n) is 6.70. The number of carbonyl (C=O) groups excluding carboxylic acids is 3. The minimum atomic E-state index is -0.379. The second kappa shape index (κ2) is 9.75. The van der Waals surface area contributed by atoms with E-state index in [4.69, 9.17) is 4.74 Å². The maximum absolute atomic E-state index is 13.3. The van der Waals surface area contributed by atoms with Crippen molar-refractivity contribution in [1.29, 1.82) is 0 Å². The molecule has 7 heteroatoms. The van der Waals surface area contributed by atoms with Gasteiger partial charge in [-0.1, -0.05) is 42.5 Å². The number of hydrogen-bond donors (Lipinski definition) is 0. The van der Waals surface area contributed by atoms with Crippen LogP contribution in [0, 0.1) is 20.8 Å². The van der Waals surface area contributed by atoms with Gasteiger partial charge in [0, 0.05) is 17.1 Å². The van der Waals surface area contributed by atoms with Crippen LogP contribution < -0.4 is 0 Å². The third-order valence-corrected chi connectivity index (χ3v) is 7.61. The Bertz CT molecular complexity index is 1610. The zero-order valence-electron chi connectivity index (χ0n) is 21.1. The fourth-order valence-electron chi connectivity index (χ4n) is 4.83. The Morgan fingerprint density at radius 2 is 1.73 bits per heavy atom. The smallest absolute Gasteiger partial charge is 0.337 e. The van der Waals surface area contributed by atoms with Gasteiger partial charge in [-0.3, -0.25) is 14.5 Å². The minimum absolute atomic E-state index is 0.230. The average Bonchev–Trinajstić information content (AvgIpc) is 3.32. The minimum Gasteiger partial charge on any atom is -0.465 e. The van der Waals surface area contributed by atoms with Crippen LogP contribution in [0.15, 0.2) is 71.6 Å². The van der Waals surface area contributed by atoms with Crippen molar-refractivity contribution in [3.05, 3.63) is 105 Å². The van der Waals surface area contributed by atoms with E-state index in [0.717, 1.165) is 56.3 Å². The van der Waals surface area contributed by atoms with Gasteiger partial charge in [-0.2, -0.15) is 0 Å². The molecule has 1 fully saturated rings. The molecule has 0 atom stereocenters. The van der Waals surface area contributed by atoms with Crippen LogP contribution >= 0.6 is 11.8 Å². The van der Waals surface area contributed by atoms with Gasteiger partial charge in [-0.15, -0.1) is 0 Å². The summed E-state index contributed by atoms with van der Waals surface area (Å²) in [6.07, 6.45) is 1.80. The predicted octanol–water partition coefficient (Wildman–Crippen LogP) is 6.58. The van der Waals surface area contributed by atoms with E-state index in [1.165, 1.54) is 12.0 Å². The summed E-state index contributed by atoms with van der Waals surface area (Å²) in [6.45, 7) is 6.14. The molecule has 0 saturated carbocycles. The molecule has 5 rings (SSSR count). The summed E-state index contributed by atoms with van der Waals surface area (Å²) < 4.78 is 6.92. The standard InChI is InChI=1S/C30H26N2O4S/c1-18-14-22(29(34)36-4)12-13-26(18)32-19(2)15-24(20(32)3)16-27-28(33)31(30(35)37-27)17-23-10-7-9-21-8-5-6-11-25(21)23/h5-16H,17H2,1-4H3/b27-16+. The summed E-state index contributed by atoms with van der Waals surface area (Å²) in [7, 11) is 1.36. The summed E-state index contributed by atoms with van der Waals surface area (Å²) in [4.78, 5) is 39.8. The second-order valence-corrected chi connectivity index (χ2v) is 10.1. The summed E-state index contributed by atoms with van der Waals surface area (Å²) in [5.41, 5.74) is 6.07. The zero-order chi connectivity index (χ0) is 26.3. The van der Waals surface area contributed by atoms with Gasteiger partial charge in [0.25, 0.3) is 11.1 Å². The van der Waals surface area contributed by atoms with Crippen LogP contribution in [-0.2, 0) is 16.1 Å². The zero-order valence-corrected chi connectivity index (χ0v) is 21.9. The molecule has 6 nitrogen and oxygen atoms in total. The number of amides is 2. The molecule has 37 heavy (non-hydrogen) atoms. The number of imide groups is 1. The first-order valence-electron chi connectivity index (χ1n) is 11.9. The fraction of sp³-hybridized carbons (Fsp3) is 0.167. The number of hydrogen-bond acceptors (Lipinski definition) is 5. The van der Waals surface area contributed by atoms with E-state index in [0.29, 0.717) is 10.5 Å². The number of rotatable bonds is 5. The molecule has 0 unspecified atom stereocenters. The molecule has 0 bridgehead atoms. The highest BCUT2D eigenvalue weighted by Crippen LogP contribution is 2.35. The molecule has 1 aromatic heterocycles. The number of fused-ring (bicyclic) bond motifs is 1. The topological polar surface area (TPSA) is 68.6 Å². The number of carbonyl (C=O) groups is 3. The monoisotopic (exact) mass is 510 g/mol. The molecule has 1 aliphatic heterocycles. The molecular formula is C30H26N2O4S. The lowest BCUT2D eigenvalue weighted by Crippen LogP contribution is -2.27. The van der Waals surface area contributed by atoms with Crippen molar-refractivity contribution in [3.8, 4) is 5.69 Å². The molecule has 0 aliphatic carbocycles. The van der Waals surface area contributed by atoms with E-state index < -0.39 is 0 Å². The summed E-state index contributed by atoms with van der Waals surface area (Å²) >= 11 is 0.970. The average molecular weight is 511 g/mol. The first kappa shape index (κ1) is 24.6. The highest BCUT2D eigenvalue weighted by atomic mass is 32.2. The lowest BCUT2D eigenvalue weighted by Gasteiger charge is -2.14. The Hall–Kier alpha value is -4.10. The number of aryl methyl sites for hydroxylation is 2. The van der Waals surface area contributed by atoms with Crippen molar-refractivity contribution in [3.63, 3.8) is 0 Å². The first-order valence-corrected chi connectivity index (χ1v) is 12.7. The van der Waals surface area contributed by atoms with Gasteiger partial charge in [0.15, 0.2) is 0 Å². The Kier molecular flexibility index (Phi) is 6.48. The molecule has 4 aromatic rings. The van der Waals surface area contributed by atoms with E-state index in [-0.39, 0.29) is 23.7 Å². The van der Waals surface area contributed by atoms with Crippen LogP contribution in [0.25, 0.3) is 22.5 Å². The number of ether oxygens (including phenoxy) is 1. The quantitative estimate of drug-likeness (QED) is 0.224. The number of esters is 1. The van der Waals surface area contributed by atoms with E-state index >= 15 is 0 Å². The number of benzene rings is 3. The van der Waals surface area contributed by atoms with Gasteiger partial charge in [-0.25, -0.2) is 4.79 Å². The normalized spacial score (nSPS) is 14.7. The first-order chi connectivity index (χ1) is 17.8. The van der Waals surface area contributed by atoms with Crippen LogP contribution in [0.4, 0.5) is 4.79 Å². The van der Waals surface area contributed by atoms with Crippen molar-refractivity contribution < 1.29 is 19.1 Å². The molecule has 0 radical (unpaired) electrons. The van der Waals surface area contributed by atoms with Gasteiger partial charge in [0.05, 0.1) is 24.1 Å². The van der Waals surface area contributed by atoms with Crippen LogP contribution in [-0.4, -0.2) is 33.7 Å². The molecule has 2 amide bonds. The molecular weight excluding hydrogens is 484 g/mol. The van der Waals surface area contributed by atoms with Crippen molar-refractivity contribution in [2.24, 2.45) is 0 Å². The van der Waals surface area contributed by atoms with Crippen molar-refractivity contribution >= 4 is 45.7 Å². The molecule has 0 spiro atoms. The maximum atomic E-state index is 13.3. The highest BCUT2D eigenvalue weighted by Gasteiger charge is 2.35. The summed E-state index contributed by atoms with van der Waals surface area (Å²) in [6, 6.07) is 21.3. The van der Waals surface area contributed by atoms with E-state index in [1.54, 1.807) is 18.2 Å². The molecule has 186 valence electrons. The van der Waals surface area contributed by atoms with Gasteiger partial charge in [0.2, 0.25) is 0 Å². The summed E-state index contributed by atoms with van der Waals surface area (Å²) in [5, 5.41) is 1.84. The van der Waals surface area contributed by atoms with Crippen LogP contribution in [0.1, 0.15) is 38.4 Å². The van der Waals surface area contributed by atoms with Crippen LogP contribution in [0.3, 0.4) is 0 Å². The predicted molar refractivity (Wildman–Crippen MR) is 147 cm³/mol. The second-order valence-electron chi connectivity index (χ2n) is 9.06. The lowest BCUT2D eigenvalue weighted by atomic mass is 10.0. The Morgan fingerprint density at radius 1 is 0.973 bits per heavy atom. The van der Waals surface area contributed by atoms with Crippen molar-refractivity contribution in [2.45, 2.75) is 27.3 Å². The Morgan fingerprint density at radius 3 is 2.49 bits per heavy atom. The molecule has 0 N–H and O–H groups in total. The lowest BCUT2D eigenvalue weighted by molar-refractivity contribution is -0.123. The van der Waals surface area contributed by atoms with E-state index in [9.17, 15) is 14.4 Å². The summed E-state index contributed by atoms with van der Waals surface area (Å²) in [5.74, 6) is -0.665. The molecule has 1 aliphatic rings. The van der Waals surface area contributed by atoms with Gasteiger partial charge in [0.1, 0.15) is 0 Å². The number of aromatic nitrogens is 1. The number of thioether (sulfide) groups is 1. The van der Waals surface area contributed by atoms with Crippen LogP contribution in [0.5, 0.6) is 0 Å². The molecule has 1 saturated heterocycles. The van der Waals surface area contributed by atoms with Gasteiger partial charge < -0.3 is 9.30 Å². The van der Waals surface area contributed by atoms with E-state index in [1.807, 2.05) is 75.4 Å². The fourth-order valence-corrected chi connectivity index (χ4v) is 5.66. The number of nitrogens with zero attached hydrogens (tertiary/aromatic N) is 2. The largest absolute Gasteiger partial charge is 0.465 e.